The summed E-state index contributed by atoms with van der Waals surface area (Å²) in [6.45, 7) is 1.57. The SMILES string of the molecule is Cc1cc(C(F)(F)F)ccc1-c1cccc(C(=O)O)c1. The zero-order valence-corrected chi connectivity index (χ0v) is 10.5. The third-order valence-electron chi connectivity index (χ3n) is 2.97. The van der Waals surface area contributed by atoms with E-state index in [0.29, 0.717) is 16.7 Å². The van der Waals surface area contributed by atoms with Crippen molar-refractivity contribution in [2.45, 2.75) is 13.1 Å². The highest BCUT2D eigenvalue weighted by atomic mass is 19.4. The summed E-state index contributed by atoms with van der Waals surface area (Å²) in [5, 5.41) is 8.93. The first-order chi connectivity index (χ1) is 9.29. The maximum atomic E-state index is 12.6. The molecule has 0 amide bonds. The molecule has 0 fully saturated rings. The summed E-state index contributed by atoms with van der Waals surface area (Å²) in [5.74, 6) is -1.07. The smallest absolute Gasteiger partial charge is 0.416 e. The third-order valence-corrected chi connectivity index (χ3v) is 2.97. The maximum Gasteiger partial charge on any atom is 0.416 e. The molecule has 0 atom stereocenters. The fraction of sp³-hybridized carbons (Fsp3) is 0.133. The first-order valence-electron chi connectivity index (χ1n) is 5.80. The number of halogens is 3. The van der Waals surface area contributed by atoms with E-state index in [-0.39, 0.29) is 5.56 Å². The molecule has 2 rings (SSSR count). The van der Waals surface area contributed by atoms with Gasteiger partial charge >= 0.3 is 12.1 Å². The van der Waals surface area contributed by atoms with Crippen molar-refractivity contribution in [1.29, 1.82) is 0 Å². The minimum absolute atomic E-state index is 0.0989. The molecule has 20 heavy (non-hydrogen) atoms. The van der Waals surface area contributed by atoms with Crippen molar-refractivity contribution in [1.82, 2.24) is 0 Å². The van der Waals surface area contributed by atoms with Gasteiger partial charge in [0.2, 0.25) is 0 Å². The van der Waals surface area contributed by atoms with Gasteiger partial charge in [-0.05, 0) is 47.9 Å². The summed E-state index contributed by atoms with van der Waals surface area (Å²) in [4.78, 5) is 10.9. The molecule has 0 saturated heterocycles. The Morgan fingerprint density at radius 1 is 1.10 bits per heavy atom. The van der Waals surface area contributed by atoms with Crippen LogP contribution in [0.25, 0.3) is 11.1 Å². The summed E-state index contributed by atoms with van der Waals surface area (Å²) in [5.41, 5.74) is 0.995. The predicted octanol–water partition coefficient (Wildman–Crippen LogP) is 4.38. The number of carbonyl (C=O) groups is 1. The predicted molar refractivity (Wildman–Crippen MR) is 68.6 cm³/mol. The third kappa shape index (κ3) is 2.82. The molecule has 0 spiro atoms. The van der Waals surface area contributed by atoms with E-state index in [9.17, 15) is 18.0 Å². The number of carboxylic acids is 1. The van der Waals surface area contributed by atoms with E-state index in [1.807, 2.05) is 0 Å². The van der Waals surface area contributed by atoms with Gasteiger partial charge in [0.25, 0.3) is 0 Å². The summed E-state index contributed by atoms with van der Waals surface area (Å²) >= 11 is 0. The Morgan fingerprint density at radius 3 is 2.35 bits per heavy atom. The van der Waals surface area contributed by atoms with Crippen molar-refractivity contribution in [3.63, 3.8) is 0 Å². The minimum Gasteiger partial charge on any atom is -0.478 e. The first-order valence-corrected chi connectivity index (χ1v) is 5.80. The lowest BCUT2D eigenvalue weighted by Crippen LogP contribution is -2.05. The molecule has 0 aliphatic carbocycles. The molecule has 0 aliphatic rings. The van der Waals surface area contributed by atoms with Gasteiger partial charge in [0.15, 0.2) is 0 Å². The van der Waals surface area contributed by atoms with E-state index in [1.54, 1.807) is 19.1 Å². The number of rotatable bonds is 2. The number of aryl methyl sites for hydroxylation is 1. The fourth-order valence-electron chi connectivity index (χ4n) is 1.98. The van der Waals surface area contributed by atoms with E-state index >= 15 is 0 Å². The number of aromatic carboxylic acids is 1. The highest BCUT2D eigenvalue weighted by Crippen LogP contribution is 2.33. The summed E-state index contributed by atoms with van der Waals surface area (Å²) in [7, 11) is 0. The Kier molecular flexibility index (Phi) is 3.53. The maximum absolute atomic E-state index is 12.6. The molecule has 104 valence electrons. The summed E-state index contributed by atoms with van der Waals surface area (Å²) in [6, 6.07) is 9.53. The van der Waals surface area contributed by atoms with Crippen LogP contribution in [-0.4, -0.2) is 11.1 Å². The van der Waals surface area contributed by atoms with Crippen molar-refractivity contribution in [3.8, 4) is 11.1 Å². The quantitative estimate of drug-likeness (QED) is 0.886. The van der Waals surface area contributed by atoms with Crippen LogP contribution < -0.4 is 0 Å². The molecule has 1 N–H and O–H groups in total. The number of alkyl halides is 3. The molecular formula is C15H11F3O2. The summed E-state index contributed by atoms with van der Waals surface area (Å²) in [6.07, 6.45) is -4.38. The van der Waals surface area contributed by atoms with Crippen LogP contribution in [0.2, 0.25) is 0 Å². The average Bonchev–Trinajstić information content (AvgIpc) is 2.37. The van der Waals surface area contributed by atoms with Gasteiger partial charge in [-0.1, -0.05) is 18.2 Å². The van der Waals surface area contributed by atoms with E-state index in [2.05, 4.69) is 0 Å². The molecule has 2 nitrogen and oxygen atoms in total. The van der Waals surface area contributed by atoms with Crippen molar-refractivity contribution >= 4 is 5.97 Å². The molecule has 0 heterocycles. The largest absolute Gasteiger partial charge is 0.478 e. The highest BCUT2D eigenvalue weighted by molar-refractivity contribution is 5.89. The van der Waals surface area contributed by atoms with Crippen LogP contribution in [0.1, 0.15) is 21.5 Å². The van der Waals surface area contributed by atoms with Gasteiger partial charge in [-0.3, -0.25) is 0 Å². The van der Waals surface area contributed by atoms with Gasteiger partial charge in [0, 0.05) is 0 Å². The molecule has 2 aromatic carbocycles. The Bertz CT molecular complexity index is 660. The van der Waals surface area contributed by atoms with Gasteiger partial charge in [-0.15, -0.1) is 0 Å². The fourth-order valence-corrected chi connectivity index (χ4v) is 1.98. The van der Waals surface area contributed by atoms with Gasteiger partial charge in [-0.2, -0.15) is 13.2 Å². The average molecular weight is 280 g/mol. The lowest BCUT2D eigenvalue weighted by molar-refractivity contribution is -0.137. The van der Waals surface area contributed by atoms with E-state index < -0.39 is 17.7 Å². The van der Waals surface area contributed by atoms with Gasteiger partial charge in [0.05, 0.1) is 11.1 Å². The van der Waals surface area contributed by atoms with Crippen LogP contribution >= 0.6 is 0 Å². The van der Waals surface area contributed by atoms with Crippen LogP contribution in [0.15, 0.2) is 42.5 Å². The van der Waals surface area contributed by atoms with E-state index in [1.165, 1.54) is 18.2 Å². The van der Waals surface area contributed by atoms with E-state index in [4.69, 9.17) is 5.11 Å². The van der Waals surface area contributed by atoms with Gasteiger partial charge in [0.1, 0.15) is 0 Å². The van der Waals surface area contributed by atoms with E-state index in [0.717, 1.165) is 12.1 Å². The van der Waals surface area contributed by atoms with Crippen molar-refractivity contribution in [3.05, 3.63) is 59.2 Å². The highest BCUT2D eigenvalue weighted by Gasteiger charge is 2.30. The Morgan fingerprint density at radius 2 is 1.80 bits per heavy atom. The molecule has 0 saturated carbocycles. The van der Waals surface area contributed by atoms with Gasteiger partial charge in [-0.25, -0.2) is 4.79 Å². The monoisotopic (exact) mass is 280 g/mol. The Hall–Kier alpha value is -2.30. The lowest BCUT2D eigenvalue weighted by Gasteiger charge is -2.11. The van der Waals surface area contributed by atoms with Crippen molar-refractivity contribution in [2.75, 3.05) is 0 Å². The van der Waals surface area contributed by atoms with Crippen LogP contribution in [0, 0.1) is 6.92 Å². The molecule has 0 unspecified atom stereocenters. The second-order valence-electron chi connectivity index (χ2n) is 4.41. The van der Waals surface area contributed by atoms with Crippen molar-refractivity contribution in [2.24, 2.45) is 0 Å². The zero-order chi connectivity index (χ0) is 14.9. The Labute approximate surface area is 113 Å². The molecule has 0 radical (unpaired) electrons. The second-order valence-corrected chi connectivity index (χ2v) is 4.41. The van der Waals surface area contributed by atoms with Crippen LogP contribution in [0.3, 0.4) is 0 Å². The molecule has 0 aliphatic heterocycles. The topological polar surface area (TPSA) is 37.3 Å². The van der Waals surface area contributed by atoms with Crippen LogP contribution in [0.4, 0.5) is 13.2 Å². The zero-order valence-electron chi connectivity index (χ0n) is 10.5. The lowest BCUT2D eigenvalue weighted by atomic mass is 9.97. The van der Waals surface area contributed by atoms with Crippen LogP contribution in [-0.2, 0) is 6.18 Å². The standard InChI is InChI=1S/C15H11F3O2/c1-9-7-12(15(16,17)18)5-6-13(9)10-3-2-4-11(8-10)14(19)20/h2-8H,1H3,(H,19,20). The molecule has 2 aromatic rings. The summed E-state index contributed by atoms with van der Waals surface area (Å²) < 4.78 is 37.8. The van der Waals surface area contributed by atoms with Crippen molar-refractivity contribution < 1.29 is 23.1 Å². The number of hydrogen-bond donors (Lipinski definition) is 1. The van der Waals surface area contributed by atoms with Crippen LogP contribution in [0.5, 0.6) is 0 Å². The number of carboxylic acid groups (broad SMARTS) is 1. The number of hydrogen-bond acceptors (Lipinski definition) is 1. The Balaban J connectivity index is 2.49. The first kappa shape index (κ1) is 14.1. The molecule has 0 aromatic heterocycles. The van der Waals surface area contributed by atoms with Gasteiger partial charge < -0.3 is 5.11 Å². The molecule has 5 heteroatoms. The minimum atomic E-state index is -4.38. The molecular weight excluding hydrogens is 269 g/mol. The molecule has 0 bridgehead atoms. The number of benzene rings is 2. The normalized spacial score (nSPS) is 11.4. The second kappa shape index (κ2) is 5.00.